The van der Waals surface area contributed by atoms with Gasteiger partial charge in [-0.15, -0.1) is 0 Å². The first-order valence-corrected chi connectivity index (χ1v) is 7.53. The Labute approximate surface area is 126 Å². The molecule has 2 rings (SSSR count). The third kappa shape index (κ3) is 3.10. The molecule has 0 heterocycles. The molecule has 0 bridgehead atoms. The third-order valence-electron chi connectivity index (χ3n) is 2.97. The molecule has 0 fully saturated rings. The highest BCUT2D eigenvalue weighted by Gasteiger charge is 2.13. The molecule has 0 atom stereocenters. The quantitative estimate of drug-likeness (QED) is 0.660. The van der Waals surface area contributed by atoms with Gasteiger partial charge in [-0.3, -0.25) is 0 Å². The summed E-state index contributed by atoms with van der Waals surface area (Å²) in [5.74, 6) is -0.230. The van der Waals surface area contributed by atoms with Crippen molar-refractivity contribution in [3.05, 3.63) is 58.9 Å². The Kier molecular flexibility index (Phi) is 4.83. The molecule has 1 nitrogen and oxygen atoms in total. The summed E-state index contributed by atoms with van der Waals surface area (Å²) in [6.45, 7) is 2.84. The van der Waals surface area contributed by atoms with Crippen LogP contribution in [0.3, 0.4) is 0 Å². The first-order valence-electron chi connectivity index (χ1n) is 6.03. The number of hydrogen-bond donors (Lipinski definition) is 0. The van der Waals surface area contributed by atoms with E-state index < -0.39 is 0 Å². The molecule has 0 aromatic heterocycles. The molecule has 100 valence electrons. The number of nitrogens with zero attached hydrogens (tertiary/aromatic N) is 1. The van der Waals surface area contributed by atoms with Crippen molar-refractivity contribution in [1.82, 2.24) is 0 Å². The Morgan fingerprint density at radius 2 is 1.84 bits per heavy atom. The zero-order chi connectivity index (χ0) is 13.8. The van der Waals surface area contributed by atoms with E-state index in [0.29, 0.717) is 5.33 Å². The number of rotatable bonds is 4. The summed E-state index contributed by atoms with van der Waals surface area (Å²) in [6, 6.07) is 12.3. The summed E-state index contributed by atoms with van der Waals surface area (Å²) in [5, 5.41) is 1.41. The molecule has 0 aliphatic rings. The van der Waals surface area contributed by atoms with Crippen LogP contribution in [0.5, 0.6) is 0 Å². The Morgan fingerprint density at radius 1 is 1.16 bits per heavy atom. The molecular weight excluding hydrogens is 329 g/mol. The predicted octanol–water partition coefficient (Wildman–Crippen LogP) is 5.53. The van der Waals surface area contributed by atoms with Crippen LogP contribution in [0.1, 0.15) is 12.5 Å². The average Bonchev–Trinajstić information content (AvgIpc) is 2.42. The molecule has 0 saturated heterocycles. The SMILES string of the molecule is CCN(c1ccc(F)cc1)c1cccc(Cl)c1CBr. The fourth-order valence-corrected chi connectivity index (χ4v) is 3.03. The van der Waals surface area contributed by atoms with Gasteiger partial charge in [0.15, 0.2) is 0 Å². The zero-order valence-electron chi connectivity index (χ0n) is 10.5. The second kappa shape index (κ2) is 6.40. The van der Waals surface area contributed by atoms with Gasteiger partial charge in [0.05, 0.1) is 0 Å². The lowest BCUT2D eigenvalue weighted by Crippen LogP contribution is -2.17. The minimum atomic E-state index is -0.230. The summed E-state index contributed by atoms with van der Waals surface area (Å²) in [4.78, 5) is 2.11. The van der Waals surface area contributed by atoms with Gasteiger partial charge in [0.25, 0.3) is 0 Å². The highest BCUT2D eigenvalue weighted by atomic mass is 79.9. The largest absolute Gasteiger partial charge is 0.341 e. The molecule has 0 saturated carbocycles. The van der Waals surface area contributed by atoms with Gasteiger partial charge in [-0.2, -0.15) is 0 Å². The second-order valence-electron chi connectivity index (χ2n) is 4.09. The number of halogens is 3. The van der Waals surface area contributed by atoms with Crippen molar-refractivity contribution < 1.29 is 4.39 Å². The predicted molar refractivity (Wildman–Crippen MR) is 83.2 cm³/mol. The Balaban J connectivity index is 2.48. The smallest absolute Gasteiger partial charge is 0.123 e. The van der Waals surface area contributed by atoms with Gasteiger partial charge in [0, 0.05) is 33.8 Å². The van der Waals surface area contributed by atoms with Crippen molar-refractivity contribution in [3.63, 3.8) is 0 Å². The zero-order valence-corrected chi connectivity index (χ0v) is 12.9. The van der Waals surface area contributed by atoms with Gasteiger partial charge in [-0.1, -0.05) is 33.6 Å². The summed E-state index contributed by atoms with van der Waals surface area (Å²) in [7, 11) is 0. The van der Waals surface area contributed by atoms with Gasteiger partial charge in [0.2, 0.25) is 0 Å². The van der Waals surface area contributed by atoms with E-state index in [0.717, 1.165) is 28.5 Å². The Hall–Kier alpha value is -1.06. The molecular formula is C15H14BrClFN. The van der Waals surface area contributed by atoms with Crippen LogP contribution in [-0.4, -0.2) is 6.54 Å². The fraction of sp³-hybridized carbons (Fsp3) is 0.200. The number of alkyl halides is 1. The molecule has 0 aliphatic carbocycles. The van der Waals surface area contributed by atoms with Crippen LogP contribution in [0.15, 0.2) is 42.5 Å². The van der Waals surface area contributed by atoms with E-state index in [1.54, 1.807) is 12.1 Å². The Bertz CT molecular complexity index is 557. The van der Waals surface area contributed by atoms with Crippen molar-refractivity contribution in [1.29, 1.82) is 0 Å². The van der Waals surface area contributed by atoms with Crippen molar-refractivity contribution in [3.8, 4) is 0 Å². The van der Waals surface area contributed by atoms with Gasteiger partial charge in [-0.25, -0.2) is 4.39 Å². The van der Waals surface area contributed by atoms with Crippen molar-refractivity contribution in [2.75, 3.05) is 11.4 Å². The normalized spacial score (nSPS) is 10.5. The molecule has 0 unspecified atom stereocenters. The van der Waals surface area contributed by atoms with Crippen LogP contribution < -0.4 is 4.90 Å². The fourth-order valence-electron chi connectivity index (χ4n) is 2.05. The number of hydrogen-bond acceptors (Lipinski definition) is 1. The van der Waals surface area contributed by atoms with Gasteiger partial charge < -0.3 is 4.90 Å². The van der Waals surface area contributed by atoms with E-state index in [-0.39, 0.29) is 5.82 Å². The van der Waals surface area contributed by atoms with Crippen LogP contribution in [0, 0.1) is 5.82 Å². The number of benzene rings is 2. The first-order chi connectivity index (χ1) is 9.17. The molecule has 19 heavy (non-hydrogen) atoms. The van der Waals surface area contributed by atoms with Crippen LogP contribution in [0.2, 0.25) is 5.02 Å². The maximum absolute atomic E-state index is 13.0. The van der Waals surface area contributed by atoms with Crippen molar-refractivity contribution >= 4 is 38.9 Å². The van der Waals surface area contributed by atoms with Gasteiger partial charge in [-0.05, 0) is 43.3 Å². The minimum absolute atomic E-state index is 0.230. The van der Waals surface area contributed by atoms with Crippen LogP contribution in [0.4, 0.5) is 15.8 Å². The molecule has 2 aromatic carbocycles. The summed E-state index contributed by atoms with van der Waals surface area (Å²) in [6.07, 6.45) is 0. The molecule has 0 amide bonds. The van der Waals surface area contributed by atoms with Gasteiger partial charge >= 0.3 is 0 Å². The van der Waals surface area contributed by atoms with E-state index in [9.17, 15) is 4.39 Å². The lowest BCUT2D eigenvalue weighted by molar-refractivity contribution is 0.628. The lowest BCUT2D eigenvalue weighted by atomic mass is 10.1. The topological polar surface area (TPSA) is 3.24 Å². The lowest BCUT2D eigenvalue weighted by Gasteiger charge is -2.26. The first kappa shape index (κ1) is 14.4. The maximum atomic E-state index is 13.0. The van der Waals surface area contributed by atoms with Crippen LogP contribution >= 0.6 is 27.5 Å². The molecule has 4 heteroatoms. The number of anilines is 2. The molecule has 0 aliphatic heterocycles. The standard InChI is InChI=1S/C15H14BrClFN/c1-2-19(12-8-6-11(18)7-9-12)15-5-3-4-14(17)13(15)10-16/h3-9H,2,10H2,1H3. The highest BCUT2D eigenvalue weighted by molar-refractivity contribution is 9.08. The van der Waals surface area contributed by atoms with E-state index in [4.69, 9.17) is 11.6 Å². The molecule has 2 aromatic rings. The van der Waals surface area contributed by atoms with E-state index >= 15 is 0 Å². The molecule has 0 radical (unpaired) electrons. The minimum Gasteiger partial charge on any atom is -0.341 e. The Morgan fingerprint density at radius 3 is 2.42 bits per heavy atom. The van der Waals surface area contributed by atoms with Crippen LogP contribution in [0.25, 0.3) is 0 Å². The molecule has 0 spiro atoms. The molecule has 0 N–H and O–H groups in total. The van der Waals surface area contributed by atoms with Crippen molar-refractivity contribution in [2.24, 2.45) is 0 Å². The monoisotopic (exact) mass is 341 g/mol. The summed E-state index contributed by atoms with van der Waals surface area (Å²) in [5.41, 5.74) is 3.03. The van der Waals surface area contributed by atoms with E-state index in [1.807, 2.05) is 18.2 Å². The summed E-state index contributed by atoms with van der Waals surface area (Å²) >= 11 is 9.70. The van der Waals surface area contributed by atoms with Crippen molar-refractivity contribution in [2.45, 2.75) is 12.3 Å². The second-order valence-corrected chi connectivity index (χ2v) is 5.06. The third-order valence-corrected chi connectivity index (χ3v) is 3.89. The van der Waals surface area contributed by atoms with E-state index in [2.05, 4.69) is 27.8 Å². The average molecular weight is 343 g/mol. The highest BCUT2D eigenvalue weighted by Crippen LogP contribution is 2.33. The van der Waals surface area contributed by atoms with Crippen LogP contribution in [-0.2, 0) is 5.33 Å². The van der Waals surface area contributed by atoms with Gasteiger partial charge in [0.1, 0.15) is 5.82 Å². The summed E-state index contributed by atoms with van der Waals surface area (Å²) < 4.78 is 13.0. The van der Waals surface area contributed by atoms with E-state index in [1.165, 1.54) is 12.1 Å². The maximum Gasteiger partial charge on any atom is 0.123 e.